The van der Waals surface area contributed by atoms with E-state index in [9.17, 15) is 14.4 Å². The first-order valence-electron chi connectivity index (χ1n) is 9.86. The summed E-state index contributed by atoms with van der Waals surface area (Å²) in [5, 5.41) is 3.46. The Hall–Kier alpha value is -3.06. The first-order valence-corrected chi connectivity index (χ1v) is 10.2. The van der Waals surface area contributed by atoms with Gasteiger partial charge in [0.15, 0.2) is 0 Å². The molecular formula is C22H24ClN3O4. The number of rotatable bonds is 7. The Morgan fingerprint density at radius 1 is 1.13 bits per heavy atom. The second kappa shape index (κ2) is 9.17. The number of carbonyl (C=O) groups is 1. The van der Waals surface area contributed by atoms with Crippen LogP contribution in [0.1, 0.15) is 33.2 Å². The summed E-state index contributed by atoms with van der Waals surface area (Å²) in [6.07, 6.45) is 0.769. The monoisotopic (exact) mass is 429 g/mol. The van der Waals surface area contributed by atoms with Crippen molar-refractivity contribution in [2.75, 3.05) is 13.2 Å². The van der Waals surface area contributed by atoms with Crippen molar-refractivity contribution in [3.05, 3.63) is 68.3 Å². The lowest BCUT2D eigenvalue weighted by atomic mass is 10.2. The number of nitrogens with zero attached hydrogens (tertiary/aromatic N) is 2. The number of aromatic nitrogens is 2. The van der Waals surface area contributed by atoms with Crippen LogP contribution in [0.4, 0.5) is 0 Å². The van der Waals surface area contributed by atoms with E-state index in [1.54, 1.807) is 43.3 Å². The molecule has 3 rings (SSSR count). The maximum absolute atomic E-state index is 13.4. The summed E-state index contributed by atoms with van der Waals surface area (Å²) in [6, 6.07) is 10.5. The van der Waals surface area contributed by atoms with Gasteiger partial charge in [0.2, 0.25) is 5.91 Å². The van der Waals surface area contributed by atoms with Crippen LogP contribution in [-0.2, 0) is 4.79 Å². The van der Waals surface area contributed by atoms with E-state index >= 15 is 0 Å². The zero-order chi connectivity index (χ0) is 21.8. The molecule has 1 amide bonds. The van der Waals surface area contributed by atoms with E-state index in [0.29, 0.717) is 40.5 Å². The van der Waals surface area contributed by atoms with Gasteiger partial charge in [0.25, 0.3) is 5.56 Å². The summed E-state index contributed by atoms with van der Waals surface area (Å²) in [6.45, 7) is 6.44. The molecule has 0 spiro atoms. The second-order valence-electron chi connectivity index (χ2n) is 6.85. The minimum absolute atomic E-state index is 0.294. The molecule has 0 saturated heterocycles. The van der Waals surface area contributed by atoms with Crippen molar-refractivity contribution in [2.45, 2.75) is 33.2 Å². The Kier molecular flexibility index (Phi) is 6.62. The Morgan fingerprint density at radius 2 is 1.83 bits per heavy atom. The van der Waals surface area contributed by atoms with E-state index in [-0.39, 0.29) is 5.91 Å². The van der Waals surface area contributed by atoms with Crippen LogP contribution in [0.5, 0.6) is 5.75 Å². The molecular weight excluding hydrogens is 406 g/mol. The van der Waals surface area contributed by atoms with Crippen molar-refractivity contribution in [2.24, 2.45) is 0 Å². The molecule has 8 heteroatoms. The normalized spacial score (nSPS) is 12.0. The molecule has 0 saturated carbocycles. The fraction of sp³-hybridized carbons (Fsp3) is 0.318. The Morgan fingerprint density at radius 3 is 2.47 bits per heavy atom. The first-order chi connectivity index (χ1) is 14.4. The number of halogens is 1. The standard InChI is InChI=1S/C22H24ClN3O4/c1-4-12-24-20(27)14(3)25-19-13-15(23)6-11-18(19)21(28)26(22(25)29)16-7-9-17(10-8-16)30-5-2/h6-11,13-14H,4-5,12H2,1-3H3,(H,24,27)/t14-/m0/s1. The van der Waals surface area contributed by atoms with Gasteiger partial charge in [-0.3, -0.25) is 14.2 Å². The molecule has 30 heavy (non-hydrogen) atoms. The number of hydrogen-bond acceptors (Lipinski definition) is 4. The van der Waals surface area contributed by atoms with Gasteiger partial charge in [-0.25, -0.2) is 9.36 Å². The summed E-state index contributed by atoms with van der Waals surface area (Å²) < 4.78 is 7.81. The van der Waals surface area contributed by atoms with Crippen LogP contribution in [0.15, 0.2) is 52.1 Å². The van der Waals surface area contributed by atoms with Gasteiger partial charge in [-0.15, -0.1) is 0 Å². The lowest BCUT2D eigenvalue weighted by molar-refractivity contribution is -0.123. The predicted octanol–water partition coefficient (Wildman–Crippen LogP) is 3.29. The highest BCUT2D eigenvalue weighted by molar-refractivity contribution is 6.31. The molecule has 0 aliphatic heterocycles. The molecule has 0 aliphatic carbocycles. The van der Waals surface area contributed by atoms with Gasteiger partial charge in [0.1, 0.15) is 11.8 Å². The van der Waals surface area contributed by atoms with Crippen LogP contribution < -0.4 is 21.3 Å². The number of benzene rings is 2. The molecule has 0 aliphatic rings. The minimum Gasteiger partial charge on any atom is -0.494 e. The van der Waals surface area contributed by atoms with E-state index in [2.05, 4.69) is 5.32 Å². The zero-order valence-corrected chi connectivity index (χ0v) is 17.9. The number of fused-ring (bicyclic) bond motifs is 1. The van der Waals surface area contributed by atoms with Crippen molar-refractivity contribution in [1.29, 1.82) is 0 Å². The fourth-order valence-corrected chi connectivity index (χ4v) is 3.44. The summed E-state index contributed by atoms with van der Waals surface area (Å²) >= 11 is 6.13. The largest absolute Gasteiger partial charge is 0.494 e. The third-order valence-corrected chi connectivity index (χ3v) is 5.01. The summed E-state index contributed by atoms with van der Waals surface area (Å²) in [4.78, 5) is 39.2. The summed E-state index contributed by atoms with van der Waals surface area (Å²) in [7, 11) is 0. The Balaban J connectivity index is 2.26. The van der Waals surface area contributed by atoms with Crippen LogP contribution in [0.3, 0.4) is 0 Å². The molecule has 1 atom stereocenters. The molecule has 0 bridgehead atoms. The number of carbonyl (C=O) groups excluding carboxylic acids is 1. The maximum Gasteiger partial charge on any atom is 0.336 e. The first kappa shape index (κ1) is 21.6. The van der Waals surface area contributed by atoms with Gasteiger partial charge in [-0.1, -0.05) is 18.5 Å². The lowest BCUT2D eigenvalue weighted by Gasteiger charge is -2.20. The predicted molar refractivity (Wildman–Crippen MR) is 118 cm³/mol. The molecule has 3 aromatic rings. The number of ether oxygens (including phenoxy) is 1. The molecule has 1 N–H and O–H groups in total. The Bertz CT molecular complexity index is 1180. The minimum atomic E-state index is -0.834. The third kappa shape index (κ3) is 4.11. The SMILES string of the molecule is CCCNC(=O)[C@H](C)n1c(=O)n(-c2ccc(OCC)cc2)c(=O)c2ccc(Cl)cc21. The number of hydrogen-bond donors (Lipinski definition) is 1. The highest BCUT2D eigenvalue weighted by atomic mass is 35.5. The van der Waals surface area contributed by atoms with Gasteiger partial charge in [0.05, 0.1) is 23.2 Å². The molecule has 7 nitrogen and oxygen atoms in total. The van der Waals surface area contributed by atoms with E-state index < -0.39 is 17.3 Å². The molecule has 1 aromatic heterocycles. The molecule has 1 heterocycles. The maximum atomic E-state index is 13.4. The summed E-state index contributed by atoms with van der Waals surface area (Å²) in [5.41, 5.74) is -0.384. The topological polar surface area (TPSA) is 82.3 Å². The van der Waals surface area contributed by atoms with Crippen LogP contribution >= 0.6 is 11.6 Å². The number of nitrogens with one attached hydrogen (secondary N) is 1. The van der Waals surface area contributed by atoms with Crippen LogP contribution in [0.2, 0.25) is 5.02 Å². The Labute approximate surface area is 178 Å². The summed E-state index contributed by atoms with van der Waals surface area (Å²) in [5.74, 6) is 0.326. The molecule has 2 aromatic carbocycles. The smallest absolute Gasteiger partial charge is 0.336 e. The van der Waals surface area contributed by atoms with Gasteiger partial charge < -0.3 is 10.1 Å². The molecule has 158 valence electrons. The molecule has 0 fully saturated rings. The van der Waals surface area contributed by atoms with E-state index in [1.807, 2.05) is 13.8 Å². The quantitative estimate of drug-likeness (QED) is 0.624. The lowest BCUT2D eigenvalue weighted by Crippen LogP contribution is -2.43. The third-order valence-electron chi connectivity index (χ3n) is 4.77. The van der Waals surface area contributed by atoms with Crippen LogP contribution in [0, 0.1) is 0 Å². The second-order valence-corrected chi connectivity index (χ2v) is 7.28. The number of amides is 1. The van der Waals surface area contributed by atoms with Gasteiger partial charge in [0, 0.05) is 11.6 Å². The van der Waals surface area contributed by atoms with E-state index in [1.165, 1.54) is 10.6 Å². The van der Waals surface area contributed by atoms with Crippen molar-refractivity contribution in [3.8, 4) is 11.4 Å². The van der Waals surface area contributed by atoms with Gasteiger partial charge >= 0.3 is 5.69 Å². The molecule has 0 unspecified atom stereocenters. The van der Waals surface area contributed by atoms with Gasteiger partial charge in [-0.2, -0.15) is 0 Å². The van der Waals surface area contributed by atoms with E-state index in [0.717, 1.165) is 11.0 Å². The van der Waals surface area contributed by atoms with E-state index in [4.69, 9.17) is 16.3 Å². The van der Waals surface area contributed by atoms with Crippen LogP contribution in [0.25, 0.3) is 16.6 Å². The van der Waals surface area contributed by atoms with Crippen molar-refractivity contribution in [1.82, 2.24) is 14.5 Å². The van der Waals surface area contributed by atoms with Crippen molar-refractivity contribution >= 4 is 28.4 Å². The van der Waals surface area contributed by atoms with Crippen molar-refractivity contribution in [3.63, 3.8) is 0 Å². The van der Waals surface area contributed by atoms with Gasteiger partial charge in [-0.05, 0) is 62.7 Å². The van der Waals surface area contributed by atoms with Crippen molar-refractivity contribution < 1.29 is 9.53 Å². The zero-order valence-electron chi connectivity index (χ0n) is 17.1. The highest BCUT2D eigenvalue weighted by Crippen LogP contribution is 2.20. The molecule has 0 radical (unpaired) electrons. The average Bonchev–Trinajstić information content (AvgIpc) is 2.73. The van der Waals surface area contributed by atoms with Crippen LogP contribution in [-0.4, -0.2) is 28.2 Å². The fourth-order valence-electron chi connectivity index (χ4n) is 3.28. The average molecular weight is 430 g/mol. The highest BCUT2D eigenvalue weighted by Gasteiger charge is 2.22.